The van der Waals surface area contributed by atoms with Crippen LogP contribution in [0.1, 0.15) is 24.4 Å². The van der Waals surface area contributed by atoms with E-state index in [0.29, 0.717) is 24.7 Å². The van der Waals surface area contributed by atoms with Crippen LogP contribution in [0, 0.1) is 5.82 Å². The van der Waals surface area contributed by atoms with Crippen molar-refractivity contribution >= 4 is 17.5 Å². The lowest BCUT2D eigenvalue weighted by Gasteiger charge is -2.40. The van der Waals surface area contributed by atoms with Crippen molar-refractivity contribution in [2.45, 2.75) is 25.0 Å². The van der Waals surface area contributed by atoms with Gasteiger partial charge in [0.15, 0.2) is 11.5 Å². The van der Waals surface area contributed by atoms with E-state index in [1.54, 1.807) is 12.1 Å². The molecule has 0 unspecified atom stereocenters. The number of carbonyl (C=O) groups is 2. The molecule has 0 aliphatic carbocycles. The first-order valence-electron chi connectivity index (χ1n) is 12.4. The number of benzene rings is 2. The van der Waals surface area contributed by atoms with Crippen molar-refractivity contribution in [2.24, 2.45) is 0 Å². The van der Waals surface area contributed by atoms with Gasteiger partial charge in [-0.1, -0.05) is 6.07 Å². The zero-order valence-electron chi connectivity index (χ0n) is 20.1. The number of hydrogen-bond donors (Lipinski definition) is 2. The van der Waals surface area contributed by atoms with Crippen LogP contribution in [0.15, 0.2) is 42.5 Å². The van der Waals surface area contributed by atoms with Gasteiger partial charge in [-0.2, -0.15) is 0 Å². The summed E-state index contributed by atoms with van der Waals surface area (Å²) in [4.78, 5) is 29.4. The Balaban J connectivity index is 1.23. The third-order valence-corrected chi connectivity index (χ3v) is 6.90. The number of anilines is 1. The Morgan fingerprint density at radius 2 is 1.72 bits per heavy atom. The van der Waals surface area contributed by atoms with E-state index in [0.717, 1.165) is 50.3 Å². The van der Waals surface area contributed by atoms with Crippen molar-refractivity contribution < 1.29 is 28.2 Å². The lowest BCUT2D eigenvalue weighted by Crippen LogP contribution is -2.51. The largest absolute Gasteiger partial charge is 0.454 e. The molecule has 10 heteroatoms. The second-order valence-corrected chi connectivity index (χ2v) is 9.18. The zero-order valence-corrected chi connectivity index (χ0v) is 20.1. The number of amides is 2. The van der Waals surface area contributed by atoms with E-state index in [-0.39, 0.29) is 31.3 Å². The van der Waals surface area contributed by atoms with Gasteiger partial charge in [0, 0.05) is 51.6 Å². The molecule has 5 rings (SSSR count). The van der Waals surface area contributed by atoms with Gasteiger partial charge in [0.25, 0.3) is 0 Å². The summed E-state index contributed by atoms with van der Waals surface area (Å²) in [5.74, 6) is -0.213. The number of halogens is 1. The van der Waals surface area contributed by atoms with E-state index >= 15 is 0 Å². The van der Waals surface area contributed by atoms with E-state index in [1.807, 2.05) is 18.2 Å². The topological polar surface area (TPSA) is 92.4 Å². The molecule has 3 aliphatic rings. The molecular formula is C26H31FN4O5. The smallest absolute Gasteiger partial charge is 0.309 e. The molecule has 2 N–H and O–H groups in total. The van der Waals surface area contributed by atoms with Crippen molar-refractivity contribution in [3.8, 4) is 11.5 Å². The zero-order chi connectivity index (χ0) is 24.9. The van der Waals surface area contributed by atoms with Gasteiger partial charge in [0.2, 0.25) is 6.79 Å². The first-order chi connectivity index (χ1) is 17.6. The Morgan fingerprint density at radius 3 is 2.47 bits per heavy atom. The van der Waals surface area contributed by atoms with Gasteiger partial charge < -0.3 is 29.7 Å². The molecule has 2 atom stereocenters. The van der Waals surface area contributed by atoms with Crippen molar-refractivity contribution in [1.82, 2.24) is 15.5 Å². The standard InChI is InChI=1S/C26H31FN4O5/c27-19-4-6-20(7-5-19)30-9-11-31(12-10-30)22(18-3-8-23-24(14-18)36-17-35-23)16-29-26(33)25(32)28-15-21-2-1-13-34-21/h3-8,14,21-22H,1-2,9-13,15-17H2,(H,28,32)(H,29,33)/t21-,22+/m0/s1. The first kappa shape index (κ1) is 24.3. The highest BCUT2D eigenvalue weighted by Gasteiger charge is 2.28. The summed E-state index contributed by atoms with van der Waals surface area (Å²) in [6.07, 6.45) is 1.83. The minimum Gasteiger partial charge on any atom is -0.454 e. The Labute approximate surface area is 209 Å². The fourth-order valence-electron chi connectivity index (χ4n) is 4.88. The van der Waals surface area contributed by atoms with Crippen molar-refractivity contribution in [1.29, 1.82) is 0 Å². The van der Waals surface area contributed by atoms with Crippen molar-refractivity contribution in [3.63, 3.8) is 0 Å². The third-order valence-electron chi connectivity index (χ3n) is 6.90. The number of fused-ring (bicyclic) bond motifs is 1. The summed E-state index contributed by atoms with van der Waals surface area (Å²) in [7, 11) is 0. The molecule has 0 aromatic heterocycles. The highest BCUT2D eigenvalue weighted by Crippen LogP contribution is 2.35. The number of hydrogen-bond acceptors (Lipinski definition) is 7. The van der Waals surface area contributed by atoms with Crippen molar-refractivity contribution in [2.75, 3.05) is 57.6 Å². The molecule has 0 spiro atoms. The van der Waals surface area contributed by atoms with E-state index in [1.165, 1.54) is 12.1 Å². The predicted octanol–water partition coefficient (Wildman–Crippen LogP) is 1.83. The molecule has 0 bridgehead atoms. The second kappa shape index (κ2) is 11.1. The number of piperazine rings is 1. The lowest BCUT2D eigenvalue weighted by molar-refractivity contribution is -0.139. The van der Waals surface area contributed by atoms with Gasteiger partial charge in [-0.05, 0) is 54.8 Å². The van der Waals surface area contributed by atoms with Crippen LogP contribution in [0.3, 0.4) is 0 Å². The molecule has 2 aromatic carbocycles. The molecule has 36 heavy (non-hydrogen) atoms. The Hall–Kier alpha value is -3.37. The molecule has 2 saturated heterocycles. The average Bonchev–Trinajstić information content (AvgIpc) is 3.60. The fourth-order valence-corrected chi connectivity index (χ4v) is 4.88. The number of nitrogens with zero attached hydrogens (tertiary/aromatic N) is 2. The second-order valence-electron chi connectivity index (χ2n) is 9.18. The third kappa shape index (κ3) is 5.71. The number of carbonyl (C=O) groups excluding carboxylic acids is 2. The Kier molecular flexibility index (Phi) is 7.52. The Morgan fingerprint density at radius 1 is 0.972 bits per heavy atom. The molecule has 2 aromatic rings. The van der Waals surface area contributed by atoms with Crippen LogP contribution in [0.25, 0.3) is 0 Å². The maximum absolute atomic E-state index is 13.3. The number of ether oxygens (including phenoxy) is 3. The maximum atomic E-state index is 13.3. The summed E-state index contributed by atoms with van der Waals surface area (Å²) < 4.78 is 29.8. The quantitative estimate of drug-likeness (QED) is 0.563. The highest BCUT2D eigenvalue weighted by molar-refractivity contribution is 6.35. The van der Waals surface area contributed by atoms with Crippen LogP contribution in [0.5, 0.6) is 11.5 Å². The molecule has 0 saturated carbocycles. The SMILES string of the molecule is O=C(NC[C@@H]1CCCO1)C(=O)NC[C@H](c1ccc2c(c1)OCO2)N1CCN(c2ccc(F)cc2)CC1. The van der Waals surface area contributed by atoms with E-state index in [9.17, 15) is 14.0 Å². The molecule has 0 radical (unpaired) electrons. The number of rotatable bonds is 7. The van der Waals surface area contributed by atoms with Crippen molar-refractivity contribution in [3.05, 3.63) is 53.8 Å². The summed E-state index contributed by atoms with van der Waals surface area (Å²) >= 11 is 0. The normalized spacial score (nSPS) is 20.2. The predicted molar refractivity (Wildman–Crippen MR) is 130 cm³/mol. The minimum atomic E-state index is -0.663. The van der Waals surface area contributed by atoms with Gasteiger partial charge in [0.05, 0.1) is 12.1 Å². The van der Waals surface area contributed by atoms with Crippen LogP contribution in [0.4, 0.5) is 10.1 Å². The fraction of sp³-hybridized carbons (Fsp3) is 0.462. The monoisotopic (exact) mass is 498 g/mol. The van der Waals surface area contributed by atoms with Gasteiger partial charge in [-0.25, -0.2) is 4.39 Å². The molecular weight excluding hydrogens is 467 g/mol. The van der Waals surface area contributed by atoms with E-state index < -0.39 is 11.8 Å². The van der Waals surface area contributed by atoms with Crippen LogP contribution < -0.4 is 25.0 Å². The van der Waals surface area contributed by atoms with Crippen LogP contribution >= 0.6 is 0 Å². The average molecular weight is 499 g/mol. The highest BCUT2D eigenvalue weighted by atomic mass is 19.1. The van der Waals surface area contributed by atoms with Crippen LogP contribution in [0.2, 0.25) is 0 Å². The Bertz CT molecular complexity index is 1070. The molecule has 3 heterocycles. The summed E-state index contributed by atoms with van der Waals surface area (Å²) in [5, 5.41) is 5.48. The van der Waals surface area contributed by atoms with E-state index in [4.69, 9.17) is 14.2 Å². The molecule has 9 nitrogen and oxygen atoms in total. The first-order valence-corrected chi connectivity index (χ1v) is 12.4. The molecule has 192 valence electrons. The molecule has 2 fully saturated rings. The van der Waals surface area contributed by atoms with Gasteiger partial charge in [-0.15, -0.1) is 0 Å². The summed E-state index contributed by atoms with van der Waals surface area (Å²) in [5.41, 5.74) is 1.95. The lowest BCUT2D eigenvalue weighted by atomic mass is 10.0. The van der Waals surface area contributed by atoms with E-state index in [2.05, 4.69) is 20.4 Å². The van der Waals surface area contributed by atoms with Crippen LogP contribution in [-0.4, -0.2) is 75.5 Å². The minimum absolute atomic E-state index is 0.0273. The summed E-state index contributed by atoms with van der Waals surface area (Å²) in [6.45, 7) is 4.45. The maximum Gasteiger partial charge on any atom is 0.309 e. The van der Waals surface area contributed by atoms with Crippen LogP contribution in [-0.2, 0) is 14.3 Å². The number of nitrogens with one attached hydrogen (secondary N) is 2. The van der Waals surface area contributed by atoms with Gasteiger partial charge in [0.1, 0.15) is 5.82 Å². The van der Waals surface area contributed by atoms with Gasteiger partial charge in [-0.3, -0.25) is 14.5 Å². The van der Waals surface area contributed by atoms with Gasteiger partial charge >= 0.3 is 11.8 Å². The molecule has 3 aliphatic heterocycles. The summed E-state index contributed by atoms with van der Waals surface area (Å²) in [6, 6.07) is 12.1. The molecule has 2 amide bonds.